The third-order valence-electron chi connectivity index (χ3n) is 4.60. The summed E-state index contributed by atoms with van der Waals surface area (Å²) in [5.74, 6) is 1.89. The van der Waals surface area contributed by atoms with Gasteiger partial charge < -0.3 is 25.2 Å². The van der Waals surface area contributed by atoms with Crippen LogP contribution in [0.1, 0.15) is 25.8 Å². The Kier molecular flexibility index (Phi) is 9.20. The van der Waals surface area contributed by atoms with Crippen LogP contribution in [0.5, 0.6) is 0 Å². The zero-order valence-corrected chi connectivity index (χ0v) is 16.5. The number of hydrogen-bond donors (Lipinski definition) is 2. The van der Waals surface area contributed by atoms with E-state index < -0.39 is 0 Å². The van der Waals surface area contributed by atoms with Gasteiger partial charge in [-0.1, -0.05) is 6.92 Å². The standard InChI is InChI=1S/C19H34N6O/c1-4-24-10-12-25(13-11-24)18-15-17(7-9-21-18)16-23-19(20-3)22-8-6-14-26-5-2/h7,9,15H,4-6,8,10-14,16H2,1-3H3,(H2,20,22,23). The Bertz CT molecular complexity index is 543. The summed E-state index contributed by atoms with van der Waals surface area (Å²) in [5.41, 5.74) is 1.21. The molecular weight excluding hydrogens is 328 g/mol. The van der Waals surface area contributed by atoms with E-state index in [0.29, 0.717) is 0 Å². The van der Waals surface area contributed by atoms with Gasteiger partial charge in [0, 0.05) is 65.7 Å². The molecule has 26 heavy (non-hydrogen) atoms. The van der Waals surface area contributed by atoms with Crippen molar-refractivity contribution in [2.45, 2.75) is 26.8 Å². The summed E-state index contributed by atoms with van der Waals surface area (Å²) < 4.78 is 5.35. The predicted molar refractivity (Wildman–Crippen MR) is 108 cm³/mol. The lowest BCUT2D eigenvalue weighted by atomic mass is 10.2. The molecule has 2 heterocycles. The summed E-state index contributed by atoms with van der Waals surface area (Å²) in [5, 5.41) is 6.68. The molecule has 2 rings (SSSR count). The van der Waals surface area contributed by atoms with Gasteiger partial charge in [0.25, 0.3) is 0 Å². The normalized spacial score (nSPS) is 16.0. The SMILES string of the molecule is CCOCCCNC(=NC)NCc1ccnc(N2CCN(CC)CC2)c1. The van der Waals surface area contributed by atoms with Crippen molar-refractivity contribution in [3.63, 3.8) is 0 Å². The Balaban J connectivity index is 1.78. The molecule has 0 atom stereocenters. The molecule has 1 fully saturated rings. The van der Waals surface area contributed by atoms with Crippen molar-refractivity contribution in [2.24, 2.45) is 4.99 Å². The van der Waals surface area contributed by atoms with Gasteiger partial charge in [0.1, 0.15) is 5.82 Å². The number of aliphatic imine (C=N–C) groups is 1. The van der Waals surface area contributed by atoms with E-state index in [1.807, 2.05) is 13.1 Å². The van der Waals surface area contributed by atoms with Crippen LogP contribution in [0.15, 0.2) is 23.3 Å². The molecule has 1 aliphatic rings. The second-order valence-electron chi connectivity index (χ2n) is 6.35. The van der Waals surface area contributed by atoms with E-state index in [2.05, 4.69) is 49.5 Å². The van der Waals surface area contributed by atoms with E-state index in [1.54, 1.807) is 7.05 Å². The molecule has 7 nitrogen and oxygen atoms in total. The van der Waals surface area contributed by atoms with Crippen LogP contribution in [-0.2, 0) is 11.3 Å². The Labute approximate surface area is 157 Å². The van der Waals surface area contributed by atoms with Crippen molar-refractivity contribution in [3.05, 3.63) is 23.9 Å². The number of ether oxygens (including phenoxy) is 1. The fourth-order valence-electron chi connectivity index (χ4n) is 2.97. The molecule has 2 N–H and O–H groups in total. The van der Waals surface area contributed by atoms with Gasteiger partial charge in [0.15, 0.2) is 5.96 Å². The second-order valence-corrected chi connectivity index (χ2v) is 6.35. The third-order valence-corrected chi connectivity index (χ3v) is 4.60. The minimum atomic E-state index is 0.732. The number of nitrogens with zero attached hydrogens (tertiary/aromatic N) is 4. The highest BCUT2D eigenvalue weighted by Gasteiger charge is 2.16. The van der Waals surface area contributed by atoms with Crippen LogP contribution in [0.3, 0.4) is 0 Å². The molecule has 0 amide bonds. The summed E-state index contributed by atoms with van der Waals surface area (Å²) in [7, 11) is 1.79. The molecule has 0 unspecified atom stereocenters. The first kappa shape index (κ1) is 20.5. The number of nitrogens with one attached hydrogen (secondary N) is 2. The first-order valence-electron chi connectivity index (χ1n) is 9.71. The van der Waals surface area contributed by atoms with E-state index in [0.717, 1.165) is 77.2 Å². The summed E-state index contributed by atoms with van der Waals surface area (Å²) in [6, 6.07) is 4.23. The molecule has 1 saturated heterocycles. The lowest BCUT2D eigenvalue weighted by molar-refractivity contribution is 0.145. The van der Waals surface area contributed by atoms with Gasteiger partial charge in [0.05, 0.1) is 0 Å². The summed E-state index contributed by atoms with van der Waals surface area (Å²) in [4.78, 5) is 13.7. The molecule has 0 aliphatic carbocycles. The average Bonchev–Trinajstić information content (AvgIpc) is 2.70. The van der Waals surface area contributed by atoms with Gasteiger partial charge in [-0.05, 0) is 37.6 Å². The van der Waals surface area contributed by atoms with Crippen LogP contribution in [0, 0.1) is 0 Å². The molecule has 0 aromatic carbocycles. The predicted octanol–water partition coefficient (Wildman–Crippen LogP) is 1.32. The summed E-state index contributed by atoms with van der Waals surface area (Å²) in [6.07, 6.45) is 2.87. The lowest BCUT2D eigenvalue weighted by Crippen LogP contribution is -2.46. The van der Waals surface area contributed by atoms with Crippen molar-refractivity contribution >= 4 is 11.8 Å². The van der Waals surface area contributed by atoms with Crippen molar-refractivity contribution < 1.29 is 4.74 Å². The number of piperazine rings is 1. The summed E-state index contributed by atoms with van der Waals surface area (Å²) in [6.45, 7) is 12.8. The molecule has 1 aliphatic heterocycles. The molecule has 0 saturated carbocycles. The van der Waals surface area contributed by atoms with Crippen LogP contribution >= 0.6 is 0 Å². The molecule has 0 radical (unpaired) electrons. The topological polar surface area (TPSA) is 65.0 Å². The first-order valence-corrected chi connectivity index (χ1v) is 9.71. The Morgan fingerprint density at radius 2 is 2.04 bits per heavy atom. The highest BCUT2D eigenvalue weighted by Crippen LogP contribution is 2.15. The number of hydrogen-bond acceptors (Lipinski definition) is 5. The van der Waals surface area contributed by atoms with Gasteiger partial charge in [-0.2, -0.15) is 0 Å². The number of rotatable bonds is 9. The Hall–Kier alpha value is -1.86. The number of anilines is 1. The van der Waals surface area contributed by atoms with E-state index in [1.165, 1.54) is 5.56 Å². The van der Waals surface area contributed by atoms with Gasteiger partial charge in [-0.15, -0.1) is 0 Å². The van der Waals surface area contributed by atoms with E-state index in [-0.39, 0.29) is 0 Å². The number of likely N-dealkylation sites (N-methyl/N-ethyl adjacent to an activating group) is 1. The maximum Gasteiger partial charge on any atom is 0.191 e. The molecule has 1 aromatic heterocycles. The van der Waals surface area contributed by atoms with Crippen LogP contribution in [0.2, 0.25) is 0 Å². The molecular formula is C19H34N6O. The minimum Gasteiger partial charge on any atom is -0.382 e. The van der Waals surface area contributed by atoms with Crippen molar-refractivity contribution in [2.75, 3.05) is 64.4 Å². The average molecular weight is 363 g/mol. The Morgan fingerprint density at radius 1 is 1.23 bits per heavy atom. The highest BCUT2D eigenvalue weighted by molar-refractivity contribution is 5.79. The highest BCUT2D eigenvalue weighted by atomic mass is 16.5. The molecule has 146 valence electrons. The van der Waals surface area contributed by atoms with E-state index in [4.69, 9.17) is 4.74 Å². The number of guanidine groups is 1. The van der Waals surface area contributed by atoms with Gasteiger partial charge in [-0.25, -0.2) is 4.98 Å². The van der Waals surface area contributed by atoms with Gasteiger partial charge >= 0.3 is 0 Å². The van der Waals surface area contributed by atoms with Crippen molar-refractivity contribution in [1.29, 1.82) is 0 Å². The van der Waals surface area contributed by atoms with Crippen LogP contribution < -0.4 is 15.5 Å². The van der Waals surface area contributed by atoms with Crippen LogP contribution in [0.25, 0.3) is 0 Å². The zero-order chi connectivity index (χ0) is 18.6. The largest absolute Gasteiger partial charge is 0.382 e. The van der Waals surface area contributed by atoms with Crippen molar-refractivity contribution in [3.8, 4) is 0 Å². The number of pyridine rings is 1. The minimum absolute atomic E-state index is 0.732. The second kappa shape index (κ2) is 11.7. The molecule has 1 aromatic rings. The fourth-order valence-corrected chi connectivity index (χ4v) is 2.97. The zero-order valence-electron chi connectivity index (χ0n) is 16.5. The van der Waals surface area contributed by atoms with Gasteiger partial charge in [-0.3, -0.25) is 4.99 Å². The molecule has 0 spiro atoms. The first-order chi connectivity index (χ1) is 12.8. The monoisotopic (exact) mass is 362 g/mol. The van der Waals surface area contributed by atoms with Gasteiger partial charge in [0.2, 0.25) is 0 Å². The third kappa shape index (κ3) is 6.80. The van der Waals surface area contributed by atoms with E-state index in [9.17, 15) is 0 Å². The van der Waals surface area contributed by atoms with Crippen LogP contribution in [0.4, 0.5) is 5.82 Å². The van der Waals surface area contributed by atoms with Crippen molar-refractivity contribution in [1.82, 2.24) is 20.5 Å². The smallest absolute Gasteiger partial charge is 0.191 e. The maximum absolute atomic E-state index is 5.35. The lowest BCUT2D eigenvalue weighted by Gasteiger charge is -2.34. The molecule has 7 heteroatoms. The maximum atomic E-state index is 5.35. The van der Waals surface area contributed by atoms with E-state index >= 15 is 0 Å². The summed E-state index contributed by atoms with van der Waals surface area (Å²) >= 11 is 0. The molecule has 0 bridgehead atoms. The fraction of sp³-hybridized carbons (Fsp3) is 0.684. The number of aromatic nitrogens is 1. The quantitative estimate of drug-likeness (QED) is 0.392. The Morgan fingerprint density at radius 3 is 2.73 bits per heavy atom. The van der Waals surface area contributed by atoms with Crippen LogP contribution in [-0.4, -0.2) is 75.4 Å².